The number of hydrogen-bond acceptors (Lipinski definition) is 5. The number of nitrogens with one attached hydrogen (secondary N) is 2. The van der Waals surface area contributed by atoms with Gasteiger partial charge < -0.3 is 24.7 Å². The number of aromatic amines is 1. The van der Waals surface area contributed by atoms with E-state index in [2.05, 4.69) is 15.3 Å². The van der Waals surface area contributed by atoms with Gasteiger partial charge in [-0.05, 0) is 50.3 Å². The fraction of sp³-hybridized carbons (Fsp3) is 0.417. The van der Waals surface area contributed by atoms with Crippen LogP contribution in [0.2, 0.25) is 0 Å². The quantitative estimate of drug-likeness (QED) is 0.639. The molecule has 34 heavy (non-hydrogen) atoms. The lowest BCUT2D eigenvalue weighted by Gasteiger charge is -2.37. The van der Waals surface area contributed by atoms with E-state index >= 15 is 0 Å². The van der Waals surface area contributed by atoms with Crippen LogP contribution in [0.1, 0.15) is 50.2 Å². The van der Waals surface area contributed by atoms with Crippen molar-refractivity contribution in [2.75, 3.05) is 19.5 Å². The van der Waals surface area contributed by atoms with Gasteiger partial charge in [0.05, 0.1) is 24.1 Å². The number of amides is 1. The average molecular weight is 474 g/mol. The third-order valence-corrected chi connectivity index (χ3v) is 6.37. The molecule has 0 atom stereocenters. The first-order valence-corrected chi connectivity index (χ1v) is 11.0. The molecule has 7 nitrogen and oxygen atoms in total. The summed E-state index contributed by atoms with van der Waals surface area (Å²) >= 11 is 0. The lowest BCUT2D eigenvalue weighted by molar-refractivity contribution is -0.150. The number of pyridine rings is 1. The zero-order valence-corrected chi connectivity index (χ0v) is 19.3. The molecule has 0 radical (unpaired) electrons. The van der Waals surface area contributed by atoms with Gasteiger partial charge in [-0.25, -0.2) is 4.98 Å². The third kappa shape index (κ3) is 3.70. The summed E-state index contributed by atoms with van der Waals surface area (Å²) < 4.78 is 52.3. The Morgan fingerprint density at radius 2 is 2.06 bits per heavy atom. The van der Waals surface area contributed by atoms with Gasteiger partial charge in [0, 0.05) is 31.1 Å². The highest BCUT2D eigenvalue weighted by Gasteiger charge is 2.41. The number of carbonyl (C=O) groups is 1. The maximum atomic E-state index is 13.6. The van der Waals surface area contributed by atoms with Gasteiger partial charge >= 0.3 is 6.18 Å². The van der Waals surface area contributed by atoms with Crippen LogP contribution in [0, 0.1) is 0 Å². The van der Waals surface area contributed by atoms with Gasteiger partial charge in [-0.2, -0.15) is 13.2 Å². The van der Waals surface area contributed by atoms with E-state index in [9.17, 15) is 18.0 Å². The maximum Gasteiger partial charge on any atom is 0.418 e. The molecule has 0 aromatic carbocycles. The van der Waals surface area contributed by atoms with E-state index in [0.717, 1.165) is 19.0 Å². The molecule has 10 heteroatoms. The van der Waals surface area contributed by atoms with Crippen LogP contribution in [-0.4, -0.2) is 40.5 Å². The van der Waals surface area contributed by atoms with Crippen LogP contribution in [-0.2, 0) is 20.4 Å². The predicted octanol–water partition coefficient (Wildman–Crippen LogP) is 5.17. The van der Waals surface area contributed by atoms with Gasteiger partial charge in [0.25, 0.3) is 5.91 Å². The Hall–Kier alpha value is -3.43. The second-order valence-electron chi connectivity index (χ2n) is 9.24. The summed E-state index contributed by atoms with van der Waals surface area (Å²) in [7, 11) is 3.23. The number of aromatic nitrogens is 2. The summed E-state index contributed by atoms with van der Waals surface area (Å²) in [5.41, 5.74) is 0.283. The molecule has 0 spiro atoms. The van der Waals surface area contributed by atoms with Crippen LogP contribution in [0.15, 0.2) is 47.3 Å². The minimum Gasteiger partial charge on any atom is -0.495 e. The lowest BCUT2D eigenvalue weighted by atomic mass is 10.0. The van der Waals surface area contributed by atoms with Crippen molar-refractivity contribution in [3.8, 4) is 0 Å². The number of rotatable bonds is 4. The predicted molar refractivity (Wildman–Crippen MR) is 119 cm³/mol. The molecule has 2 N–H and O–H groups in total. The molecule has 3 aliphatic rings. The highest BCUT2D eigenvalue weighted by atomic mass is 19.4. The van der Waals surface area contributed by atoms with Crippen molar-refractivity contribution < 1.29 is 27.4 Å². The highest BCUT2D eigenvalue weighted by Crippen LogP contribution is 2.47. The first-order valence-electron chi connectivity index (χ1n) is 11.0. The lowest BCUT2D eigenvalue weighted by Crippen LogP contribution is -2.48. The molecule has 1 aliphatic heterocycles. The Bertz CT molecular complexity index is 1280. The number of alkyl halides is 3. The third-order valence-electron chi connectivity index (χ3n) is 6.37. The van der Waals surface area contributed by atoms with E-state index in [4.69, 9.17) is 9.47 Å². The topological polar surface area (TPSA) is 79.5 Å². The zero-order chi connectivity index (χ0) is 24.4. The van der Waals surface area contributed by atoms with E-state index < -0.39 is 17.3 Å². The summed E-state index contributed by atoms with van der Waals surface area (Å²) in [5.74, 6) is 1.33. The molecule has 180 valence electrons. The molecule has 1 amide bonds. The first-order chi connectivity index (χ1) is 16.0. The number of halogens is 3. The monoisotopic (exact) mass is 474 g/mol. The van der Waals surface area contributed by atoms with Gasteiger partial charge in [-0.15, -0.1) is 0 Å². The van der Waals surface area contributed by atoms with E-state index in [1.165, 1.54) is 7.11 Å². The second-order valence-corrected chi connectivity index (χ2v) is 9.24. The molecule has 1 saturated carbocycles. The van der Waals surface area contributed by atoms with Crippen LogP contribution < -0.4 is 5.32 Å². The first kappa shape index (κ1) is 22.4. The molecule has 1 fully saturated rings. The van der Waals surface area contributed by atoms with Crippen molar-refractivity contribution in [3.63, 3.8) is 0 Å². The molecule has 2 aromatic rings. The fourth-order valence-corrected chi connectivity index (χ4v) is 4.52. The molecule has 0 bridgehead atoms. The maximum absolute atomic E-state index is 13.6. The van der Waals surface area contributed by atoms with E-state index in [1.54, 1.807) is 37.9 Å². The standard InChI is InChI=1S/C24H25F3N4O3/c1-23(2)22(32)31(3)16-7-8-17(33-4)15(10-18(16)34-23)29-19-9-13(12-5-6-12)20-14(24(25,26)27)11-28-21(20)30-19/h8-12H,5-7H2,1-4H3,(H2,28,29,30). The number of fused-ring (bicyclic) bond motifs is 1. The molecule has 2 aromatic heterocycles. The average Bonchev–Trinajstić information content (AvgIpc) is 3.53. The second kappa shape index (κ2) is 7.54. The number of hydrogen-bond donors (Lipinski definition) is 2. The molecular weight excluding hydrogens is 449 g/mol. The van der Waals surface area contributed by atoms with Gasteiger partial charge in [-0.1, -0.05) is 0 Å². The van der Waals surface area contributed by atoms with Crippen molar-refractivity contribution in [2.24, 2.45) is 0 Å². The number of allylic oxidation sites excluding steroid dienone is 2. The number of methoxy groups -OCH3 is 1. The van der Waals surface area contributed by atoms with Crippen molar-refractivity contribution in [1.82, 2.24) is 14.9 Å². The summed E-state index contributed by atoms with van der Waals surface area (Å²) in [6.07, 6.45) is 2.15. The number of likely N-dealkylation sites (N-methyl/N-ethyl adjacent to an activating group) is 1. The summed E-state index contributed by atoms with van der Waals surface area (Å²) in [6.45, 7) is 3.40. The fourth-order valence-electron chi connectivity index (χ4n) is 4.52. The van der Waals surface area contributed by atoms with Crippen LogP contribution in [0.25, 0.3) is 11.0 Å². The Kier molecular flexibility index (Phi) is 4.96. The minimum atomic E-state index is -4.47. The number of H-pyrrole nitrogens is 1. The van der Waals surface area contributed by atoms with Gasteiger partial charge in [0.15, 0.2) is 5.60 Å². The SMILES string of the molecule is COC1=CCC2=C(C=C1Nc1cc(C3CC3)c3c(C(F)(F)F)c[nH]c3n1)OC(C)(C)C(=O)N2C. The Morgan fingerprint density at radius 3 is 2.71 bits per heavy atom. The van der Waals surface area contributed by atoms with Gasteiger partial charge in [0.1, 0.15) is 23.0 Å². The van der Waals surface area contributed by atoms with E-state index in [0.29, 0.717) is 40.7 Å². The van der Waals surface area contributed by atoms with Crippen LogP contribution in [0.3, 0.4) is 0 Å². The Morgan fingerprint density at radius 1 is 1.32 bits per heavy atom. The molecule has 3 heterocycles. The van der Waals surface area contributed by atoms with Crippen LogP contribution in [0.5, 0.6) is 0 Å². The molecular formula is C24H25F3N4O3. The van der Waals surface area contributed by atoms with Gasteiger partial charge in [-0.3, -0.25) is 4.79 Å². The van der Waals surface area contributed by atoms with E-state index in [1.807, 2.05) is 6.08 Å². The smallest absolute Gasteiger partial charge is 0.418 e. The van der Waals surface area contributed by atoms with Crippen LogP contribution in [0.4, 0.5) is 19.0 Å². The summed E-state index contributed by atoms with van der Waals surface area (Å²) in [4.78, 5) is 21.3. The summed E-state index contributed by atoms with van der Waals surface area (Å²) in [6, 6.07) is 1.68. The number of nitrogens with zero attached hydrogens (tertiary/aromatic N) is 2. The summed E-state index contributed by atoms with van der Waals surface area (Å²) in [5, 5.41) is 3.33. The van der Waals surface area contributed by atoms with Crippen molar-refractivity contribution in [3.05, 3.63) is 58.5 Å². The van der Waals surface area contributed by atoms with Crippen LogP contribution >= 0.6 is 0 Å². The molecule has 0 saturated heterocycles. The number of anilines is 1. The van der Waals surface area contributed by atoms with Crippen molar-refractivity contribution in [2.45, 2.75) is 50.8 Å². The Labute approximate surface area is 194 Å². The van der Waals surface area contributed by atoms with Gasteiger partial charge in [0.2, 0.25) is 0 Å². The van der Waals surface area contributed by atoms with Crippen molar-refractivity contribution in [1.29, 1.82) is 0 Å². The number of carbonyl (C=O) groups excluding carboxylic acids is 1. The Balaban J connectivity index is 1.58. The normalized spacial score (nSPS) is 20.4. The van der Waals surface area contributed by atoms with Crippen molar-refractivity contribution >= 4 is 22.8 Å². The largest absolute Gasteiger partial charge is 0.495 e. The molecule has 5 rings (SSSR count). The van der Waals surface area contributed by atoms with E-state index in [-0.39, 0.29) is 22.9 Å². The zero-order valence-electron chi connectivity index (χ0n) is 19.3. The highest BCUT2D eigenvalue weighted by molar-refractivity contribution is 5.88. The number of ether oxygens (including phenoxy) is 2. The molecule has 2 aliphatic carbocycles. The molecule has 0 unspecified atom stereocenters. The minimum absolute atomic E-state index is 0.0694.